The number of carbonyl (C=O) groups is 1. The van der Waals surface area contributed by atoms with Crippen molar-refractivity contribution in [1.29, 1.82) is 0 Å². The van der Waals surface area contributed by atoms with Gasteiger partial charge in [-0.3, -0.25) is 0 Å². The van der Waals surface area contributed by atoms with E-state index in [0.29, 0.717) is 28.9 Å². The summed E-state index contributed by atoms with van der Waals surface area (Å²) in [7, 11) is -4.20. The minimum absolute atomic E-state index is 0.123. The predicted molar refractivity (Wildman–Crippen MR) is 157 cm³/mol. The standard InChI is InChI=1S/C31H30ClFN2O4S/c1-3-22(23-7-5-4-6-8-23)19-34-29-16-25(24-12-9-20(2)10-13-24)30(17-26(29)31(36)37)40(38,39)35-18-21-11-14-28(33)27(32)15-21/h4-17,22,34-35H,3,18-19H2,1-2H3,(H,36,37). The molecule has 0 heterocycles. The van der Waals surface area contributed by atoms with Crippen molar-refractivity contribution < 1.29 is 22.7 Å². The van der Waals surface area contributed by atoms with Crippen molar-refractivity contribution in [2.45, 2.75) is 37.6 Å². The zero-order chi connectivity index (χ0) is 28.9. The predicted octanol–water partition coefficient (Wildman–Crippen LogP) is 7.24. The van der Waals surface area contributed by atoms with Gasteiger partial charge in [-0.15, -0.1) is 0 Å². The van der Waals surface area contributed by atoms with E-state index >= 15 is 0 Å². The van der Waals surface area contributed by atoms with Crippen LogP contribution < -0.4 is 10.0 Å². The van der Waals surface area contributed by atoms with E-state index in [1.54, 1.807) is 18.2 Å². The normalized spacial score (nSPS) is 12.2. The largest absolute Gasteiger partial charge is 0.478 e. The zero-order valence-corrected chi connectivity index (χ0v) is 23.7. The highest BCUT2D eigenvalue weighted by Gasteiger charge is 2.25. The summed E-state index contributed by atoms with van der Waals surface area (Å²) in [4.78, 5) is 12.1. The van der Waals surface area contributed by atoms with E-state index < -0.39 is 21.8 Å². The van der Waals surface area contributed by atoms with Gasteiger partial charge in [0.2, 0.25) is 10.0 Å². The molecule has 0 fully saturated rings. The van der Waals surface area contributed by atoms with E-state index in [2.05, 4.69) is 17.0 Å². The summed E-state index contributed by atoms with van der Waals surface area (Å²) >= 11 is 5.85. The SMILES string of the molecule is CCC(CNc1cc(-c2ccc(C)cc2)c(S(=O)(=O)NCc2ccc(F)c(Cl)c2)cc1C(=O)O)c1ccccc1. The van der Waals surface area contributed by atoms with Crippen molar-refractivity contribution in [3.05, 3.63) is 118 Å². The zero-order valence-electron chi connectivity index (χ0n) is 22.1. The van der Waals surface area contributed by atoms with Crippen LogP contribution in [0.4, 0.5) is 10.1 Å². The van der Waals surface area contributed by atoms with Crippen molar-refractivity contribution >= 4 is 33.3 Å². The number of hydrogen-bond donors (Lipinski definition) is 3. The molecule has 4 aromatic carbocycles. The molecule has 3 N–H and O–H groups in total. The van der Waals surface area contributed by atoms with Crippen LogP contribution in [-0.2, 0) is 16.6 Å². The van der Waals surface area contributed by atoms with Gasteiger partial charge in [-0.25, -0.2) is 22.3 Å². The van der Waals surface area contributed by atoms with Crippen LogP contribution in [0.2, 0.25) is 5.02 Å². The van der Waals surface area contributed by atoms with Crippen LogP contribution in [0.3, 0.4) is 0 Å². The first-order valence-corrected chi connectivity index (χ1v) is 14.7. The summed E-state index contributed by atoms with van der Waals surface area (Å²) < 4.78 is 43.2. The topological polar surface area (TPSA) is 95.5 Å². The third-order valence-corrected chi connectivity index (χ3v) is 8.49. The fraction of sp³-hybridized carbons (Fsp3) is 0.194. The third-order valence-electron chi connectivity index (χ3n) is 6.76. The number of carboxylic acids is 1. The molecule has 0 aliphatic carbocycles. The van der Waals surface area contributed by atoms with Crippen molar-refractivity contribution in [3.63, 3.8) is 0 Å². The molecule has 208 valence electrons. The molecule has 0 aliphatic rings. The van der Waals surface area contributed by atoms with Crippen molar-refractivity contribution in [2.24, 2.45) is 0 Å². The third kappa shape index (κ3) is 6.88. The number of hydrogen-bond acceptors (Lipinski definition) is 4. The van der Waals surface area contributed by atoms with Crippen molar-refractivity contribution in [3.8, 4) is 11.1 Å². The number of sulfonamides is 1. The number of aryl methyl sites for hydroxylation is 1. The second-order valence-electron chi connectivity index (χ2n) is 9.53. The Kier molecular flexibility index (Phi) is 9.25. The first kappa shape index (κ1) is 29.3. The molecule has 0 saturated carbocycles. The molecule has 9 heteroatoms. The molecular weight excluding hydrogens is 551 g/mol. The highest BCUT2D eigenvalue weighted by molar-refractivity contribution is 7.89. The highest BCUT2D eigenvalue weighted by Crippen LogP contribution is 2.34. The molecule has 40 heavy (non-hydrogen) atoms. The smallest absolute Gasteiger partial charge is 0.337 e. The Morgan fingerprint density at radius 2 is 1.70 bits per heavy atom. The Hall–Kier alpha value is -3.72. The quantitative estimate of drug-likeness (QED) is 0.174. The lowest BCUT2D eigenvalue weighted by Crippen LogP contribution is -2.25. The summed E-state index contributed by atoms with van der Waals surface area (Å²) in [5.74, 6) is -1.74. The van der Waals surface area contributed by atoms with Crippen molar-refractivity contribution in [1.82, 2.24) is 4.72 Å². The van der Waals surface area contributed by atoms with E-state index in [-0.39, 0.29) is 27.9 Å². The van der Waals surface area contributed by atoms with Gasteiger partial charge in [-0.2, -0.15) is 0 Å². The molecule has 0 bridgehead atoms. The Labute approximate surface area is 238 Å². The molecule has 6 nitrogen and oxygen atoms in total. The molecule has 0 aliphatic heterocycles. The van der Waals surface area contributed by atoms with Gasteiger partial charge in [0, 0.05) is 30.3 Å². The molecule has 4 aromatic rings. The van der Waals surface area contributed by atoms with Crippen LogP contribution in [-0.4, -0.2) is 26.0 Å². The minimum atomic E-state index is -4.20. The lowest BCUT2D eigenvalue weighted by Gasteiger charge is -2.20. The molecule has 0 amide bonds. The maximum atomic E-state index is 13.6. The van der Waals surface area contributed by atoms with Crippen LogP contribution in [0, 0.1) is 12.7 Å². The van der Waals surface area contributed by atoms with E-state index in [1.165, 1.54) is 18.2 Å². The maximum Gasteiger partial charge on any atom is 0.337 e. The Balaban J connectivity index is 1.74. The van der Waals surface area contributed by atoms with E-state index in [4.69, 9.17) is 11.6 Å². The van der Waals surface area contributed by atoms with Gasteiger partial charge in [0.1, 0.15) is 5.82 Å². The van der Waals surface area contributed by atoms with Crippen LogP contribution in [0.15, 0.2) is 89.8 Å². The second-order valence-corrected chi connectivity index (χ2v) is 11.7. The molecular formula is C31H30ClFN2O4S. The average molecular weight is 581 g/mol. The van der Waals surface area contributed by atoms with E-state index in [1.807, 2.05) is 49.4 Å². The van der Waals surface area contributed by atoms with Gasteiger partial charge in [-0.1, -0.05) is 84.8 Å². The van der Waals surface area contributed by atoms with Crippen LogP contribution in [0.1, 0.15) is 46.3 Å². The number of nitrogens with one attached hydrogen (secondary N) is 2. The Morgan fingerprint density at radius 3 is 2.33 bits per heavy atom. The molecule has 0 spiro atoms. The lowest BCUT2D eigenvalue weighted by molar-refractivity contribution is 0.0697. The summed E-state index contributed by atoms with van der Waals surface area (Å²) in [6.45, 7) is 4.29. The first-order chi connectivity index (χ1) is 19.1. The monoisotopic (exact) mass is 580 g/mol. The van der Waals surface area contributed by atoms with Gasteiger partial charge >= 0.3 is 5.97 Å². The molecule has 1 atom stereocenters. The van der Waals surface area contributed by atoms with E-state index in [9.17, 15) is 22.7 Å². The van der Waals surface area contributed by atoms with Gasteiger partial charge in [0.15, 0.2) is 0 Å². The fourth-order valence-electron chi connectivity index (χ4n) is 4.45. The molecule has 4 rings (SSSR count). The summed E-state index contributed by atoms with van der Waals surface area (Å²) in [6, 6.07) is 23.9. The van der Waals surface area contributed by atoms with Gasteiger partial charge in [0.05, 0.1) is 15.5 Å². The van der Waals surface area contributed by atoms with Crippen LogP contribution in [0.5, 0.6) is 0 Å². The number of halogens is 2. The van der Waals surface area contributed by atoms with Gasteiger partial charge < -0.3 is 10.4 Å². The molecule has 0 aromatic heterocycles. The maximum absolute atomic E-state index is 13.6. The fourth-order valence-corrected chi connectivity index (χ4v) is 5.90. The van der Waals surface area contributed by atoms with Crippen LogP contribution >= 0.6 is 11.6 Å². The average Bonchev–Trinajstić information content (AvgIpc) is 2.94. The van der Waals surface area contributed by atoms with Gasteiger partial charge in [-0.05, 0) is 54.3 Å². The molecule has 0 saturated heterocycles. The summed E-state index contributed by atoms with van der Waals surface area (Å²) in [5.41, 5.74) is 3.70. The number of rotatable bonds is 11. The van der Waals surface area contributed by atoms with E-state index in [0.717, 1.165) is 23.6 Å². The molecule has 1 unspecified atom stereocenters. The van der Waals surface area contributed by atoms with Crippen molar-refractivity contribution in [2.75, 3.05) is 11.9 Å². The Morgan fingerprint density at radius 1 is 1.00 bits per heavy atom. The second kappa shape index (κ2) is 12.6. The first-order valence-electron chi connectivity index (χ1n) is 12.8. The minimum Gasteiger partial charge on any atom is -0.478 e. The summed E-state index contributed by atoms with van der Waals surface area (Å²) in [5, 5.41) is 13.2. The Bertz CT molecular complexity index is 1610. The number of carboxylic acid groups (broad SMARTS) is 1. The molecule has 0 radical (unpaired) electrons. The van der Waals surface area contributed by atoms with Crippen LogP contribution in [0.25, 0.3) is 11.1 Å². The summed E-state index contributed by atoms with van der Waals surface area (Å²) in [6.07, 6.45) is 0.827. The van der Waals surface area contributed by atoms with Gasteiger partial charge in [0.25, 0.3) is 0 Å². The number of aromatic carboxylic acids is 1. The number of anilines is 1. The highest BCUT2D eigenvalue weighted by atomic mass is 35.5. The number of benzene rings is 4. The lowest BCUT2D eigenvalue weighted by atomic mass is 9.96.